The molecule has 2 heterocycles. The number of amides is 1. The van der Waals surface area contributed by atoms with Gasteiger partial charge in [0.05, 0.1) is 11.9 Å². The molecule has 1 amide bonds. The Morgan fingerprint density at radius 3 is 2.67 bits per heavy atom. The number of aromatic nitrogens is 3. The highest BCUT2D eigenvalue weighted by molar-refractivity contribution is 5.84. The molecule has 0 spiro atoms. The number of carbonyl (C=O) groups is 2. The second kappa shape index (κ2) is 8.71. The lowest BCUT2D eigenvalue weighted by Crippen LogP contribution is -2.44. The van der Waals surface area contributed by atoms with Gasteiger partial charge in [0.1, 0.15) is 5.52 Å². The van der Waals surface area contributed by atoms with Crippen LogP contribution >= 0.6 is 0 Å². The second-order valence-corrected chi connectivity index (χ2v) is 11.1. The van der Waals surface area contributed by atoms with Crippen LogP contribution in [0, 0.1) is 18.3 Å². The lowest BCUT2D eigenvalue weighted by molar-refractivity contribution is -0.142. The Morgan fingerprint density at radius 1 is 1.17 bits per heavy atom. The maximum Gasteiger partial charge on any atom is 0.304 e. The summed E-state index contributed by atoms with van der Waals surface area (Å²) in [5.74, 6) is -0.0312. The zero-order valence-corrected chi connectivity index (χ0v) is 21.2. The third-order valence-electron chi connectivity index (χ3n) is 9.16. The van der Waals surface area contributed by atoms with Crippen molar-refractivity contribution in [2.45, 2.75) is 77.8 Å². The van der Waals surface area contributed by atoms with E-state index in [-0.39, 0.29) is 17.8 Å². The normalized spacial score (nSPS) is 23.7. The van der Waals surface area contributed by atoms with Gasteiger partial charge in [-0.2, -0.15) is 0 Å². The monoisotopic (exact) mass is 486 g/mol. The first-order valence-electron chi connectivity index (χ1n) is 13.3. The average molecular weight is 487 g/mol. The van der Waals surface area contributed by atoms with Crippen molar-refractivity contribution in [3.05, 3.63) is 58.1 Å². The van der Waals surface area contributed by atoms with Crippen molar-refractivity contribution in [1.82, 2.24) is 19.9 Å². The Morgan fingerprint density at radius 2 is 1.97 bits per heavy atom. The highest BCUT2D eigenvalue weighted by atomic mass is 16.4. The van der Waals surface area contributed by atoms with Crippen molar-refractivity contribution in [3.8, 4) is 0 Å². The summed E-state index contributed by atoms with van der Waals surface area (Å²) in [6.45, 7) is 6.17. The zero-order chi connectivity index (χ0) is 25.0. The molecule has 36 heavy (non-hydrogen) atoms. The van der Waals surface area contributed by atoms with E-state index in [1.54, 1.807) is 0 Å². The molecule has 2 saturated carbocycles. The predicted octanol–water partition coefficient (Wildman–Crippen LogP) is 4.83. The summed E-state index contributed by atoms with van der Waals surface area (Å²) in [6, 6.07) is 10.4. The number of aryl methyl sites for hydroxylation is 2. The van der Waals surface area contributed by atoms with E-state index < -0.39 is 5.97 Å². The van der Waals surface area contributed by atoms with Crippen LogP contribution in [0.4, 0.5) is 0 Å². The zero-order valence-electron chi connectivity index (χ0n) is 21.2. The molecule has 2 bridgehead atoms. The summed E-state index contributed by atoms with van der Waals surface area (Å²) in [7, 11) is 0. The number of fused-ring (bicyclic) bond motifs is 4. The van der Waals surface area contributed by atoms with E-state index in [2.05, 4.69) is 33.4 Å². The minimum absolute atomic E-state index is 0.000191. The average Bonchev–Trinajstić information content (AvgIpc) is 3.62. The lowest BCUT2D eigenvalue weighted by Gasteiger charge is -2.36. The summed E-state index contributed by atoms with van der Waals surface area (Å²) in [6.07, 6.45) is 6.42. The predicted molar refractivity (Wildman–Crippen MR) is 137 cm³/mol. The van der Waals surface area contributed by atoms with Crippen molar-refractivity contribution in [3.63, 3.8) is 0 Å². The molecule has 1 atom stereocenters. The molecule has 3 aromatic rings. The van der Waals surface area contributed by atoms with Crippen LogP contribution < -0.4 is 0 Å². The molecule has 3 aliphatic rings. The van der Waals surface area contributed by atoms with E-state index in [1.165, 1.54) is 18.4 Å². The highest BCUT2D eigenvalue weighted by Crippen LogP contribution is 2.55. The minimum atomic E-state index is -0.831. The first-order valence-corrected chi connectivity index (χ1v) is 13.3. The third-order valence-corrected chi connectivity index (χ3v) is 9.16. The first kappa shape index (κ1) is 23.2. The standard InChI is InChI=1S/C29H34N4O3/c1-3-33-25-7-6-23(18(2)27(25)30-31-33)24(15-26(34)35)21-5-4-20-10-13-32(17-22(20)14-21)28(36)29-11-8-19(16-29)9-12-29/h4-7,14,19,24H,3,8-13,15-17H2,1-2H3,(H,34,35). The minimum Gasteiger partial charge on any atom is -0.481 e. The largest absolute Gasteiger partial charge is 0.481 e. The van der Waals surface area contributed by atoms with Crippen molar-refractivity contribution in [2.24, 2.45) is 11.3 Å². The first-order chi connectivity index (χ1) is 17.4. The van der Waals surface area contributed by atoms with Crippen LogP contribution in [0.25, 0.3) is 11.0 Å². The summed E-state index contributed by atoms with van der Waals surface area (Å²) in [5, 5.41) is 18.4. The number of carbonyl (C=O) groups excluding carboxylic acids is 1. The van der Waals surface area contributed by atoms with Crippen LogP contribution in [-0.2, 0) is 29.1 Å². The quantitative estimate of drug-likeness (QED) is 0.539. The Balaban J connectivity index is 1.33. The Hall–Kier alpha value is -3.22. The van der Waals surface area contributed by atoms with Crippen LogP contribution in [-0.4, -0.2) is 43.4 Å². The molecule has 0 saturated heterocycles. The van der Waals surface area contributed by atoms with Crippen molar-refractivity contribution in [2.75, 3.05) is 6.54 Å². The van der Waals surface area contributed by atoms with Gasteiger partial charge in [0.2, 0.25) is 5.91 Å². The molecule has 1 aliphatic heterocycles. The maximum absolute atomic E-state index is 13.6. The maximum atomic E-state index is 13.6. The van der Waals surface area contributed by atoms with Crippen molar-refractivity contribution in [1.29, 1.82) is 0 Å². The van der Waals surface area contributed by atoms with Crippen LogP contribution in [0.5, 0.6) is 0 Å². The smallest absolute Gasteiger partial charge is 0.304 e. The lowest BCUT2D eigenvalue weighted by atomic mass is 9.81. The molecule has 1 aromatic heterocycles. The van der Waals surface area contributed by atoms with E-state index in [1.807, 2.05) is 30.7 Å². The van der Waals surface area contributed by atoms with Gasteiger partial charge in [-0.3, -0.25) is 9.59 Å². The van der Waals surface area contributed by atoms with Crippen molar-refractivity contribution >= 4 is 22.9 Å². The molecule has 1 unspecified atom stereocenters. The molecule has 7 heteroatoms. The van der Waals surface area contributed by atoms with Crippen LogP contribution in [0.15, 0.2) is 30.3 Å². The van der Waals surface area contributed by atoms with E-state index in [0.29, 0.717) is 12.5 Å². The molecule has 6 rings (SSSR count). The Bertz CT molecular complexity index is 1350. The number of aliphatic carboxylic acids is 1. The molecule has 7 nitrogen and oxygen atoms in total. The van der Waals surface area contributed by atoms with Gasteiger partial charge < -0.3 is 10.0 Å². The summed E-state index contributed by atoms with van der Waals surface area (Å²) >= 11 is 0. The van der Waals surface area contributed by atoms with E-state index in [9.17, 15) is 14.7 Å². The summed E-state index contributed by atoms with van der Waals surface area (Å²) in [5.41, 5.74) is 7.02. The number of carboxylic acids is 1. The van der Waals surface area contributed by atoms with Crippen LogP contribution in [0.3, 0.4) is 0 Å². The van der Waals surface area contributed by atoms with Crippen LogP contribution in [0.1, 0.15) is 79.2 Å². The van der Waals surface area contributed by atoms with Gasteiger partial charge >= 0.3 is 5.97 Å². The van der Waals surface area contributed by atoms with Gasteiger partial charge in [-0.25, -0.2) is 4.68 Å². The number of benzene rings is 2. The highest BCUT2D eigenvalue weighted by Gasteiger charge is 2.51. The fraction of sp³-hybridized carbons (Fsp3) is 0.517. The molecule has 2 aromatic carbocycles. The van der Waals surface area contributed by atoms with Gasteiger partial charge in [-0.05, 0) is 92.2 Å². The molecule has 1 N–H and O–H groups in total. The Labute approximate surface area is 211 Å². The van der Waals surface area contributed by atoms with Gasteiger partial charge in [0, 0.05) is 31.0 Å². The fourth-order valence-corrected chi connectivity index (χ4v) is 7.17. The topological polar surface area (TPSA) is 88.3 Å². The van der Waals surface area contributed by atoms with E-state index >= 15 is 0 Å². The van der Waals surface area contributed by atoms with Gasteiger partial charge in [0.25, 0.3) is 0 Å². The third kappa shape index (κ3) is 3.71. The molecule has 0 radical (unpaired) electrons. The number of nitrogens with zero attached hydrogens (tertiary/aromatic N) is 4. The number of rotatable bonds is 6. The molecule has 2 fully saturated rings. The van der Waals surface area contributed by atoms with Crippen LogP contribution in [0.2, 0.25) is 0 Å². The number of hydrogen-bond acceptors (Lipinski definition) is 4. The van der Waals surface area contributed by atoms with Gasteiger partial charge in [-0.1, -0.05) is 29.5 Å². The Kier molecular flexibility index (Phi) is 5.61. The summed E-state index contributed by atoms with van der Waals surface area (Å²) < 4.78 is 1.86. The van der Waals surface area contributed by atoms with Gasteiger partial charge in [-0.15, -0.1) is 5.10 Å². The number of hydrogen-bond donors (Lipinski definition) is 1. The molecule has 188 valence electrons. The summed E-state index contributed by atoms with van der Waals surface area (Å²) in [4.78, 5) is 27.6. The number of carboxylic acid groups (broad SMARTS) is 1. The second-order valence-electron chi connectivity index (χ2n) is 11.1. The van der Waals surface area contributed by atoms with E-state index in [0.717, 1.165) is 78.0 Å². The fourth-order valence-electron chi connectivity index (χ4n) is 7.17. The van der Waals surface area contributed by atoms with E-state index in [4.69, 9.17) is 0 Å². The SMILES string of the molecule is CCn1nnc2c(C)c(C(CC(=O)O)c3ccc4c(c3)CN(C(=O)C35CCC(CC3)C5)CC4)ccc21. The molecular weight excluding hydrogens is 452 g/mol. The van der Waals surface area contributed by atoms with Gasteiger partial charge in [0.15, 0.2) is 0 Å². The van der Waals surface area contributed by atoms with Crippen molar-refractivity contribution < 1.29 is 14.7 Å². The molecule has 2 aliphatic carbocycles. The molecular formula is C29H34N4O3.